The summed E-state index contributed by atoms with van der Waals surface area (Å²) in [4.78, 5) is 11.5. The summed E-state index contributed by atoms with van der Waals surface area (Å²) in [6.07, 6.45) is 11.4. The van der Waals surface area contributed by atoms with Gasteiger partial charge in [-0.15, -0.1) is 0 Å². The first-order valence-corrected chi connectivity index (χ1v) is 9.00. The van der Waals surface area contributed by atoms with Crippen molar-refractivity contribution in [1.29, 1.82) is 0 Å². The standard InChI is InChI=1S/C22H28ClNO2/c1-7-24-21(25)13-16(3)10-8-9-15(2)11-12-19-17(4)14-20(26-6)18(5)22(19)23/h8-14H,7H2,1-6H3,(H,24,25). The average Bonchev–Trinajstić information content (AvgIpc) is 2.58. The maximum absolute atomic E-state index is 11.5. The Hall–Kier alpha value is -2.26. The second-order valence-corrected chi connectivity index (χ2v) is 6.51. The summed E-state index contributed by atoms with van der Waals surface area (Å²) < 4.78 is 5.34. The van der Waals surface area contributed by atoms with Crippen LogP contribution in [0.2, 0.25) is 5.02 Å². The van der Waals surface area contributed by atoms with Crippen molar-refractivity contribution in [2.45, 2.75) is 34.6 Å². The van der Waals surface area contributed by atoms with Crippen molar-refractivity contribution < 1.29 is 9.53 Å². The lowest BCUT2D eigenvalue weighted by Gasteiger charge is -2.12. The van der Waals surface area contributed by atoms with E-state index in [1.807, 2.05) is 71.1 Å². The summed E-state index contributed by atoms with van der Waals surface area (Å²) >= 11 is 6.48. The van der Waals surface area contributed by atoms with Crippen LogP contribution in [0.5, 0.6) is 5.75 Å². The number of ether oxygens (including phenoxy) is 1. The van der Waals surface area contributed by atoms with Crippen LogP contribution in [0.25, 0.3) is 6.08 Å². The first kappa shape index (κ1) is 21.8. The highest BCUT2D eigenvalue weighted by molar-refractivity contribution is 6.33. The molecule has 0 spiro atoms. The smallest absolute Gasteiger partial charge is 0.244 e. The SMILES string of the molecule is CCNC(=O)C=C(C)C=CC=C(C)C=Cc1c(C)cc(OC)c(C)c1Cl. The lowest BCUT2D eigenvalue weighted by atomic mass is 10.0. The summed E-state index contributed by atoms with van der Waals surface area (Å²) in [5, 5.41) is 3.45. The molecule has 4 heteroatoms. The van der Waals surface area contributed by atoms with E-state index >= 15 is 0 Å². The van der Waals surface area contributed by atoms with Crippen molar-refractivity contribution in [3.05, 3.63) is 69.3 Å². The minimum absolute atomic E-state index is 0.0739. The number of hydrogen-bond donors (Lipinski definition) is 1. The van der Waals surface area contributed by atoms with Crippen molar-refractivity contribution >= 4 is 23.6 Å². The van der Waals surface area contributed by atoms with Crippen molar-refractivity contribution in [3.63, 3.8) is 0 Å². The molecule has 0 saturated carbocycles. The number of methoxy groups -OCH3 is 1. The van der Waals surface area contributed by atoms with E-state index in [4.69, 9.17) is 16.3 Å². The van der Waals surface area contributed by atoms with Gasteiger partial charge in [0.25, 0.3) is 0 Å². The zero-order valence-corrected chi connectivity index (χ0v) is 17.2. The van der Waals surface area contributed by atoms with Gasteiger partial charge >= 0.3 is 0 Å². The molecular formula is C22H28ClNO2. The summed E-state index contributed by atoms with van der Waals surface area (Å²) in [6, 6.07) is 2.00. The zero-order chi connectivity index (χ0) is 19.7. The molecule has 0 unspecified atom stereocenters. The van der Waals surface area contributed by atoms with E-state index in [1.165, 1.54) is 0 Å². The number of carbonyl (C=O) groups excluding carboxylic acids is 1. The van der Waals surface area contributed by atoms with Crippen molar-refractivity contribution in [2.75, 3.05) is 13.7 Å². The fraction of sp³-hybridized carbons (Fsp3) is 0.318. The molecule has 0 aromatic heterocycles. The first-order valence-electron chi connectivity index (χ1n) is 8.63. The van der Waals surface area contributed by atoms with Gasteiger partial charge in [0.2, 0.25) is 5.91 Å². The van der Waals surface area contributed by atoms with Gasteiger partial charge in [0, 0.05) is 18.2 Å². The van der Waals surface area contributed by atoms with Gasteiger partial charge in [0.05, 0.1) is 12.1 Å². The Balaban J connectivity index is 2.89. The fourth-order valence-corrected chi connectivity index (χ4v) is 2.69. The molecule has 0 radical (unpaired) electrons. The summed E-state index contributed by atoms with van der Waals surface area (Å²) in [5.41, 5.74) is 4.98. The number of halogens is 1. The van der Waals surface area contributed by atoms with Crippen LogP contribution < -0.4 is 10.1 Å². The molecule has 0 heterocycles. The molecule has 140 valence electrons. The third-order valence-electron chi connectivity index (χ3n) is 3.87. The maximum Gasteiger partial charge on any atom is 0.244 e. The number of rotatable bonds is 7. The predicted octanol–water partition coefficient (Wildman–Crippen LogP) is 5.56. The number of likely N-dealkylation sites (N-methyl/N-ethyl adjacent to an activating group) is 1. The van der Waals surface area contributed by atoms with Crippen LogP contribution >= 0.6 is 11.6 Å². The van der Waals surface area contributed by atoms with Crippen LogP contribution in [0, 0.1) is 13.8 Å². The average molecular weight is 374 g/mol. The van der Waals surface area contributed by atoms with Crippen LogP contribution in [0.4, 0.5) is 0 Å². The summed E-state index contributed by atoms with van der Waals surface area (Å²) in [7, 11) is 1.65. The van der Waals surface area contributed by atoms with Gasteiger partial charge in [-0.25, -0.2) is 0 Å². The maximum atomic E-state index is 11.5. The Labute approximate surface area is 162 Å². The minimum Gasteiger partial charge on any atom is -0.496 e. The van der Waals surface area contributed by atoms with Gasteiger partial charge in [0.15, 0.2) is 0 Å². The number of amides is 1. The number of allylic oxidation sites excluding steroid dienone is 6. The molecular weight excluding hydrogens is 346 g/mol. The number of aryl methyl sites for hydroxylation is 1. The molecule has 0 aliphatic rings. The topological polar surface area (TPSA) is 38.3 Å². The molecule has 1 N–H and O–H groups in total. The third-order valence-corrected chi connectivity index (χ3v) is 4.36. The zero-order valence-electron chi connectivity index (χ0n) is 16.4. The van der Waals surface area contributed by atoms with Crippen LogP contribution in [-0.2, 0) is 4.79 Å². The van der Waals surface area contributed by atoms with E-state index in [1.54, 1.807) is 13.2 Å². The minimum atomic E-state index is -0.0739. The monoisotopic (exact) mass is 373 g/mol. The molecule has 1 rings (SSSR count). The molecule has 1 aromatic rings. The lowest BCUT2D eigenvalue weighted by molar-refractivity contribution is -0.116. The van der Waals surface area contributed by atoms with Gasteiger partial charge in [-0.05, 0) is 57.4 Å². The molecule has 0 aliphatic heterocycles. The van der Waals surface area contributed by atoms with Gasteiger partial charge in [-0.1, -0.05) is 47.6 Å². The summed E-state index contributed by atoms with van der Waals surface area (Å²) in [6.45, 7) is 10.4. The highest BCUT2D eigenvalue weighted by Crippen LogP contribution is 2.32. The number of nitrogens with one attached hydrogen (secondary N) is 1. The largest absolute Gasteiger partial charge is 0.496 e. The summed E-state index contributed by atoms with van der Waals surface area (Å²) in [5.74, 6) is 0.726. The van der Waals surface area contributed by atoms with Gasteiger partial charge in [0.1, 0.15) is 5.75 Å². The molecule has 3 nitrogen and oxygen atoms in total. The Kier molecular flexibility index (Phi) is 8.94. The van der Waals surface area contributed by atoms with E-state index in [-0.39, 0.29) is 5.91 Å². The molecule has 0 bridgehead atoms. The molecule has 0 aliphatic carbocycles. The Morgan fingerprint density at radius 1 is 1.23 bits per heavy atom. The van der Waals surface area contributed by atoms with Crippen LogP contribution in [0.3, 0.4) is 0 Å². The molecule has 0 fully saturated rings. The van der Waals surface area contributed by atoms with E-state index in [2.05, 4.69) is 5.32 Å². The van der Waals surface area contributed by atoms with Crippen molar-refractivity contribution in [3.8, 4) is 5.75 Å². The molecule has 1 amide bonds. The molecule has 26 heavy (non-hydrogen) atoms. The fourth-order valence-electron chi connectivity index (χ4n) is 2.38. The van der Waals surface area contributed by atoms with Crippen LogP contribution in [-0.4, -0.2) is 19.6 Å². The number of carbonyl (C=O) groups is 1. The molecule has 0 atom stereocenters. The Morgan fingerprint density at radius 2 is 1.92 bits per heavy atom. The number of benzene rings is 1. The quantitative estimate of drug-likeness (QED) is 0.501. The van der Waals surface area contributed by atoms with E-state index in [0.717, 1.165) is 33.6 Å². The normalized spacial score (nSPS) is 12.9. The predicted molar refractivity (Wildman–Crippen MR) is 112 cm³/mol. The van der Waals surface area contributed by atoms with Gasteiger partial charge < -0.3 is 10.1 Å². The highest BCUT2D eigenvalue weighted by atomic mass is 35.5. The second kappa shape index (κ2) is 10.7. The second-order valence-electron chi connectivity index (χ2n) is 6.13. The highest BCUT2D eigenvalue weighted by Gasteiger charge is 2.10. The van der Waals surface area contributed by atoms with E-state index in [9.17, 15) is 4.79 Å². The van der Waals surface area contributed by atoms with Crippen LogP contribution in [0.15, 0.2) is 47.6 Å². The Bertz CT molecular complexity index is 771. The van der Waals surface area contributed by atoms with E-state index < -0.39 is 0 Å². The van der Waals surface area contributed by atoms with Gasteiger partial charge in [-0.3, -0.25) is 4.79 Å². The van der Waals surface area contributed by atoms with Crippen LogP contribution in [0.1, 0.15) is 37.5 Å². The van der Waals surface area contributed by atoms with Gasteiger partial charge in [-0.2, -0.15) is 0 Å². The van der Waals surface area contributed by atoms with E-state index in [0.29, 0.717) is 11.6 Å². The van der Waals surface area contributed by atoms with Crippen molar-refractivity contribution in [2.24, 2.45) is 0 Å². The first-order chi connectivity index (χ1) is 12.3. The lowest BCUT2D eigenvalue weighted by Crippen LogP contribution is -2.20. The third kappa shape index (κ3) is 6.57. The van der Waals surface area contributed by atoms with Crippen molar-refractivity contribution in [1.82, 2.24) is 5.32 Å². The number of hydrogen-bond acceptors (Lipinski definition) is 2. The molecule has 1 aromatic carbocycles. The Morgan fingerprint density at radius 3 is 2.54 bits per heavy atom. The molecule has 0 saturated heterocycles.